The SMILES string of the molecule is CN1CCNCC1c1noc(C2CCCN2C(=O)c2cccs2)n1.Cl. The Morgan fingerprint density at radius 2 is 2.28 bits per heavy atom. The van der Waals surface area contributed by atoms with Gasteiger partial charge in [-0.15, -0.1) is 23.7 Å². The van der Waals surface area contributed by atoms with Crippen molar-refractivity contribution >= 4 is 29.7 Å². The number of amides is 1. The summed E-state index contributed by atoms with van der Waals surface area (Å²) >= 11 is 1.47. The van der Waals surface area contributed by atoms with Crippen molar-refractivity contribution in [3.8, 4) is 0 Å². The number of aromatic nitrogens is 2. The maximum absolute atomic E-state index is 12.7. The smallest absolute Gasteiger partial charge is 0.264 e. The molecular formula is C16H22ClN5O2S. The zero-order valence-electron chi connectivity index (χ0n) is 14.1. The molecule has 9 heteroatoms. The van der Waals surface area contributed by atoms with E-state index in [1.807, 2.05) is 22.4 Å². The third-order valence-corrected chi connectivity index (χ3v) is 5.66. The minimum Gasteiger partial charge on any atom is -0.337 e. The van der Waals surface area contributed by atoms with Crippen molar-refractivity contribution in [3.05, 3.63) is 34.1 Å². The van der Waals surface area contributed by atoms with Gasteiger partial charge in [0.25, 0.3) is 5.91 Å². The average molecular weight is 384 g/mol. The van der Waals surface area contributed by atoms with E-state index in [2.05, 4.69) is 27.4 Å². The maximum Gasteiger partial charge on any atom is 0.264 e. The van der Waals surface area contributed by atoms with Gasteiger partial charge < -0.3 is 14.7 Å². The van der Waals surface area contributed by atoms with Gasteiger partial charge in [-0.1, -0.05) is 11.2 Å². The molecule has 2 saturated heterocycles. The summed E-state index contributed by atoms with van der Waals surface area (Å²) < 4.78 is 5.54. The van der Waals surface area contributed by atoms with Crippen LogP contribution in [0.15, 0.2) is 22.0 Å². The van der Waals surface area contributed by atoms with Crippen LogP contribution in [0, 0.1) is 0 Å². The van der Waals surface area contributed by atoms with Crippen molar-refractivity contribution in [2.24, 2.45) is 0 Å². The Kier molecular flexibility index (Phi) is 5.73. The predicted molar refractivity (Wildman–Crippen MR) is 97.1 cm³/mol. The molecule has 25 heavy (non-hydrogen) atoms. The molecular weight excluding hydrogens is 362 g/mol. The highest BCUT2D eigenvalue weighted by atomic mass is 35.5. The van der Waals surface area contributed by atoms with Crippen molar-refractivity contribution in [1.82, 2.24) is 25.3 Å². The molecule has 1 N–H and O–H groups in total. The van der Waals surface area contributed by atoms with Gasteiger partial charge in [-0.05, 0) is 31.3 Å². The fourth-order valence-electron chi connectivity index (χ4n) is 3.42. The van der Waals surface area contributed by atoms with Gasteiger partial charge in [0, 0.05) is 26.2 Å². The molecule has 2 aromatic rings. The molecule has 0 spiro atoms. The van der Waals surface area contributed by atoms with Crippen molar-refractivity contribution < 1.29 is 9.32 Å². The van der Waals surface area contributed by atoms with Crippen LogP contribution in [0.25, 0.3) is 0 Å². The second-order valence-corrected chi connectivity index (χ2v) is 7.27. The number of thiophene rings is 1. The minimum absolute atomic E-state index is 0. The van der Waals surface area contributed by atoms with Crippen LogP contribution >= 0.6 is 23.7 Å². The second-order valence-electron chi connectivity index (χ2n) is 6.33. The average Bonchev–Trinajstić information content (AvgIpc) is 3.34. The summed E-state index contributed by atoms with van der Waals surface area (Å²) in [6, 6.07) is 3.78. The van der Waals surface area contributed by atoms with Crippen LogP contribution in [0.4, 0.5) is 0 Å². The lowest BCUT2D eigenvalue weighted by atomic mass is 10.2. The maximum atomic E-state index is 12.7. The van der Waals surface area contributed by atoms with Crippen molar-refractivity contribution in [3.63, 3.8) is 0 Å². The molecule has 2 aliphatic rings. The van der Waals surface area contributed by atoms with E-state index in [1.54, 1.807) is 0 Å². The molecule has 0 radical (unpaired) electrons. The number of piperazine rings is 1. The van der Waals surface area contributed by atoms with Crippen molar-refractivity contribution in [2.45, 2.75) is 24.9 Å². The fourth-order valence-corrected chi connectivity index (χ4v) is 4.10. The zero-order valence-corrected chi connectivity index (χ0v) is 15.7. The first kappa shape index (κ1) is 18.3. The molecule has 2 unspecified atom stereocenters. The Bertz CT molecular complexity index is 707. The van der Waals surface area contributed by atoms with Gasteiger partial charge >= 0.3 is 0 Å². The molecule has 0 aromatic carbocycles. The number of carbonyl (C=O) groups excluding carboxylic acids is 1. The van der Waals surface area contributed by atoms with Gasteiger partial charge in [-0.2, -0.15) is 4.98 Å². The largest absolute Gasteiger partial charge is 0.337 e. The molecule has 0 aliphatic carbocycles. The Morgan fingerprint density at radius 1 is 1.40 bits per heavy atom. The quantitative estimate of drug-likeness (QED) is 0.874. The molecule has 0 bridgehead atoms. The van der Waals surface area contributed by atoms with Crippen LogP contribution in [-0.2, 0) is 0 Å². The van der Waals surface area contributed by atoms with E-state index in [0.717, 1.165) is 43.9 Å². The molecule has 136 valence electrons. The van der Waals surface area contributed by atoms with Gasteiger partial charge in [0.2, 0.25) is 5.89 Å². The Balaban J connectivity index is 0.00000182. The van der Waals surface area contributed by atoms with Gasteiger partial charge in [0.05, 0.1) is 10.9 Å². The number of likely N-dealkylation sites (tertiary alicyclic amines) is 1. The third-order valence-electron chi connectivity index (χ3n) is 4.80. The lowest BCUT2D eigenvalue weighted by Crippen LogP contribution is -2.44. The molecule has 2 aliphatic heterocycles. The molecule has 7 nitrogen and oxygen atoms in total. The zero-order chi connectivity index (χ0) is 16.5. The first-order valence-electron chi connectivity index (χ1n) is 8.33. The Hall–Kier alpha value is -1.48. The summed E-state index contributed by atoms with van der Waals surface area (Å²) in [7, 11) is 2.07. The molecule has 2 atom stereocenters. The van der Waals surface area contributed by atoms with E-state index in [9.17, 15) is 4.79 Å². The molecule has 0 saturated carbocycles. The van der Waals surface area contributed by atoms with Crippen molar-refractivity contribution in [2.75, 3.05) is 33.2 Å². The minimum atomic E-state index is -0.109. The number of nitrogens with one attached hydrogen (secondary N) is 1. The molecule has 2 aromatic heterocycles. The summed E-state index contributed by atoms with van der Waals surface area (Å²) in [5.74, 6) is 1.32. The number of carbonyl (C=O) groups is 1. The first-order valence-corrected chi connectivity index (χ1v) is 9.21. The normalized spacial score (nSPS) is 24.3. The number of likely N-dealkylation sites (N-methyl/N-ethyl adjacent to an activating group) is 1. The molecule has 4 rings (SSSR count). The highest BCUT2D eigenvalue weighted by Gasteiger charge is 2.36. The topological polar surface area (TPSA) is 74.5 Å². The summed E-state index contributed by atoms with van der Waals surface area (Å²) in [5.41, 5.74) is 0. The first-order chi connectivity index (χ1) is 11.7. The van der Waals surface area contributed by atoms with Gasteiger partial charge in [-0.3, -0.25) is 9.69 Å². The van der Waals surface area contributed by atoms with E-state index < -0.39 is 0 Å². The molecule has 1 amide bonds. The number of hydrogen-bond acceptors (Lipinski definition) is 7. The van der Waals surface area contributed by atoms with Crippen LogP contribution in [0.3, 0.4) is 0 Å². The lowest BCUT2D eigenvalue weighted by molar-refractivity contribution is 0.0715. The lowest BCUT2D eigenvalue weighted by Gasteiger charge is -2.30. The van der Waals surface area contributed by atoms with Crippen LogP contribution in [-0.4, -0.2) is 59.1 Å². The van der Waals surface area contributed by atoms with Gasteiger partial charge in [0.15, 0.2) is 5.82 Å². The van der Waals surface area contributed by atoms with Crippen LogP contribution in [0.5, 0.6) is 0 Å². The van der Waals surface area contributed by atoms with Gasteiger partial charge in [0.1, 0.15) is 6.04 Å². The number of hydrogen-bond donors (Lipinski definition) is 1. The van der Waals surface area contributed by atoms with E-state index in [4.69, 9.17) is 4.52 Å². The van der Waals surface area contributed by atoms with E-state index in [1.165, 1.54) is 11.3 Å². The van der Waals surface area contributed by atoms with E-state index in [0.29, 0.717) is 11.7 Å². The van der Waals surface area contributed by atoms with Crippen LogP contribution in [0.2, 0.25) is 0 Å². The Morgan fingerprint density at radius 3 is 3.04 bits per heavy atom. The standard InChI is InChI=1S/C16H21N5O2S.ClH/c1-20-8-6-17-10-12(20)14-18-15(23-19-14)11-4-2-7-21(11)16(22)13-5-3-9-24-13;/h3,5,9,11-12,17H,2,4,6-8,10H2,1H3;1H. The number of rotatable bonds is 3. The monoisotopic (exact) mass is 383 g/mol. The Labute approximate surface area is 156 Å². The van der Waals surface area contributed by atoms with Crippen molar-refractivity contribution in [1.29, 1.82) is 0 Å². The summed E-state index contributed by atoms with van der Waals surface area (Å²) in [6.45, 7) is 3.49. The third kappa shape index (κ3) is 3.57. The summed E-state index contributed by atoms with van der Waals surface area (Å²) in [6.07, 6.45) is 1.84. The molecule has 4 heterocycles. The highest BCUT2D eigenvalue weighted by molar-refractivity contribution is 7.12. The van der Waals surface area contributed by atoms with Crippen LogP contribution in [0.1, 0.15) is 46.3 Å². The van der Waals surface area contributed by atoms with E-state index in [-0.39, 0.29) is 30.4 Å². The number of nitrogens with zero attached hydrogens (tertiary/aromatic N) is 4. The highest BCUT2D eigenvalue weighted by Crippen LogP contribution is 2.33. The van der Waals surface area contributed by atoms with Gasteiger partial charge in [-0.25, -0.2) is 0 Å². The van der Waals surface area contributed by atoms with Crippen LogP contribution < -0.4 is 5.32 Å². The van der Waals surface area contributed by atoms with E-state index >= 15 is 0 Å². The fraction of sp³-hybridized carbons (Fsp3) is 0.562. The second kappa shape index (κ2) is 7.82. The number of halogens is 1. The summed E-state index contributed by atoms with van der Waals surface area (Å²) in [5, 5.41) is 9.48. The molecule has 2 fully saturated rings. The summed E-state index contributed by atoms with van der Waals surface area (Å²) in [4.78, 5) is 22.2. The predicted octanol–water partition coefficient (Wildman–Crippen LogP) is 2.11.